The number of likely N-dealkylation sites (tertiary alicyclic amines) is 1. The van der Waals surface area contributed by atoms with E-state index in [0.717, 1.165) is 37.9 Å². The van der Waals surface area contributed by atoms with Crippen LogP contribution in [-0.4, -0.2) is 29.9 Å². The molecule has 1 N–H and O–H groups in total. The maximum Gasteiger partial charge on any atom is 0.242 e. The minimum atomic E-state index is 0.238. The van der Waals surface area contributed by atoms with Crippen LogP contribution >= 0.6 is 0 Å². The maximum absolute atomic E-state index is 12.4. The van der Waals surface area contributed by atoms with E-state index in [1.807, 2.05) is 12.1 Å². The molecular weight excluding hydrogens is 248 g/mol. The Balaban J connectivity index is 1.94. The molecule has 1 fully saturated rings. The van der Waals surface area contributed by atoms with Gasteiger partial charge in [0, 0.05) is 18.3 Å². The van der Waals surface area contributed by atoms with Crippen molar-refractivity contribution in [3.05, 3.63) is 29.8 Å². The van der Waals surface area contributed by atoms with Gasteiger partial charge in [0.1, 0.15) is 0 Å². The zero-order valence-electron chi connectivity index (χ0n) is 12.7. The van der Waals surface area contributed by atoms with E-state index < -0.39 is 0 Å². The number of benzene rings is 1. The Hall–Kier alpha value is -1.51. The highest BCUT2D eigenvalue weighted by molar-refractivity contribution is 5.81. The van der Waals surface area contributed by atoms with E-state index >= 15 is 0 Å². The molecule has 1 unspecified atom stereocenters. The normalized spacial score (nSPS) is 18.9. The molecule has 0 saturated carbocycles. The second kappa shape index (κ2) is 7.32. The summed E-state index contributed by atoms with van der Waals surface area (Å²) in [6.45, 7) is 5.65. The number of carbonyl (C=O) groups excluding carboxylic acids is 1. The van der Waals surface area contributed by atoms with Gasteiger partial charge in [0.05, 0.1) is 6.54 Å². The number of piperidine rings is 1. The number of hydrogen-bond acceptors (Lipinski definition) is 2. The average molecular weight is 274 g/mol. The van der Waals surface area contributed by atoms with Gasteiger partial charge in [-0.2, -0.15) is 0 Å². The molecule has 1 aromatic rings. The minimum Gasteiger partial charge on any atom is -0.376 e. The SMILES string of the molecule is CCc1ccccc1NCC(=O)N1CCCCC1CC. The smallest absolute Gasteiger partial charge is 0.242 e. The largest absolute Gasteiger partial charge is 0.376 e. The van der Waals surface area contributed by atoms with Crippen LogP contribution in [0.1, 0.15) is 45.1 Å². The van der Waals surface area contributed by atoms with E-state index in [1.54, 1.807) is 0 Å². The fraction of sp³-hybridized carbons (Fsp3) is 0.588. The summed E-state index contributed by atoms with van der Waals surface area (Å²) in [5.74, 6) is 0.238. The van der Waals surface area contributed by atoms with Crippen molar-refractivity contribution in [2.75, 3.05) is 18.4 Å². The lowest BCUT2D eigenvalue weighted by Gasteiger charge is -2.35. The first kappa shape index (κ1) is 14.9. The summed E-state index contributed by atoms with van der Waals surface area (Å²) in [4.78, 5) is 14.5. The molecule has 1 amide bonds. The van der Waals surface area contributed by atoms with Crippen molar-refractivity contribution in [2.24, 2.45) is 0 Å². The molecule has 3 nitrogen and oxygen atoms in total. The Bertz CT molecular complexity index is 444. The first-order chi connectivity index (χ1) is 9.76. The second-order valence-electron chi connectivity index (χ2n) is 5.51. The monoisotopic (exact) mass is 274 g/mol. The van der Waals surface area contributed by atoms with Crippen LogP contribution in [0.2, 0.25) is 0 Å². The summed E-state index contributed by atoms with van der Waals surface area (Å²) >= 11 is 0. The number of nitrogens with one attached hydrogen (secondary N) is 1. The van der Waals surface area contributed by atoms with Gasteiger partial charge in [-0.3, -0.25) is 4.79 Å². The minimum absolute atomic E-state index is 0.238. The van der Waals surface area contributed by atoms with Crippen LogP contribution in [-0.2, 0) is 11.2 Å². The molecule has 1 saturated heterocycles. The summed E-state index contributed by atoms with van der Waals surface area (Å²) in [5.41, 5.74) is 2.36. The number of aryl methyl sites for hydroxylation is 1. The van der Waals surface area contributed by atoms with E-state index in [1.165, 1.54) is 12.0 Å². The zero-order valence-corrected chi connectivity index (χ0v) is 12.7. The number of carbonyl (C=O) groups is 1. The number of rotatable bonds is 5. The van der Waals surface area contributed by atoms with E-state index in [4.69, 9.17) is 0 Å². The molecule has 1 aromatic carbocycles. The molecule has 110 valence electrons. The molecule has 20 heavy (non-hydrogen) atoms. The predicted molar refractivity (Wildman–Crippen MR) is 84.0 cm³/mol. The van der Waals surface area contributed by atoms with Gasteiger partial charge >= 0.3 is 0 Å². The molecule has 0 aromatic heterocycles. The van der Waals surface area contributed by atoms with E-state index in [2.05, 4.69) is 36.2 Å². The molecule has 1 aliphatic heterocycles. The number of para-hydroxylation sites is 1. The van der Waals surface area contributed by atoms with Gasteiger partial charge in [-0.15, -0.1) is 0 Å². The second-order valence-corrected chi connectivity index (χ2v) is 5.51. The van der Waals surface area contributed by atoms with Crippen LogP contribution in [0.25, 0.3) is 0 Å². The summed E-state index contributed by atoms with van der Waals surface area (Å²) in [6.07, 6.45) is 5.62. The van der Waals surface area contributed by atoms with Crippen molar-refractivity contribution < 1.29 is 4.79 Å². The Morgan fingerprint density at radius 1 is 1.30 bits per heavy atom. The van der Waals surface area contributed by atoms with Gasteiger partial charge in [-0.1, -0.05) is 32.0 Å². The molecule has 3 heteroatoms. The van der Waals surface area contributed by atoms with Crippen LogP contribution in [0, 0.1) is 0 Å². The van der Waals surface area contributed by atoms with Crippen LogP contribution in [0.5, 0.6) is 0 Å². The summed E-state index contributed by atoms with van der Waals surface area (Å²) in [6, 6.07) is 8.67. The van der Waals surface area contributed by atoms with Crippen molar-refractivity contribution in [3.63, 3.8) is 0 Å². The Morgan fingerprint density at radius 2 is 2.10 bits per heavy atom. The topological polar surface area (TPSA) is 32.3 Å². The van der Waals surface area contributed by atoms with Crippen molar-refractivity contribution in [1.29, 1.82) is 0 Å². The first-order valence-electron chi connectivity index (χ1n) is 7.87. The van der Waals surface area contributed by atoms with Crippen LogP contribution in [0.3, 0.4) is 0 Å². The third-order valence-corrected chi connectivity index (χ3v) is 4.25. The van der Waals surface area contributed by atoms with Gasteiger partial charge < -0.3 is 10.2 Å². The highest BCUT2D eigenvalue weighted by Gasteiger charge is 2.24. The molecule has 0 spiro atoms. The number of amides is 1. The summed E-state index contributed by atoms with van der Waals surface area (Å²) in [7, 11) is 0. The third-order valence-electron chi connectivity index (χ3n) is 4.25. The number of nitrogens with zero attached hydrogens (tertiary/aromatic N) is 1. The number of anilines is 1. The summed E-state index contributed by atoms with van der Waals surface area (Å²) in [5, 5.41) is 3.31. The van der Waals surface area contributed by atoms with Gasteiger partial charge in [0.2, 0.25) is 5.91 Å². The average Bonchev–Trinajstić information content (AvgIpc) is 2.52. The quantitative estimate of drug-likeness (QED) is 0.892. The van der Waals surface area contributed by atoms with Crippen molar-refractivity contribution in [3.8, 4) is 0 Å². The molecular formula is C17H26N2O. The van der Waals surface area contributed by atoms with E-state index in [0.29, 0.717) is 12.6 Å². The molecule has 2 rings (SSSR count). The highest BCUT2D eigenvalue weighted by atomic mass is 16.2. The van der Waals surface area contributed by atoms with Gasteiger partial charge in [-0.05, 0) is 43.7 Å². The van der Waals surface area contributed by atoms with Crippen LogP contribution in [0.4, 0.5) is 5.69 Å². The lowest BCUT2D eigenvalue weighted by atomic mass is 10.00. The highest BCUT2D eigenvalue weighted by Crippen LogP contribution is 2.20. The van der Waals surface area contributed by atoms with Crippen molar-refractivity contribution in [1.82, 2.24) is 4.90 Å². The van der Waals surface area contributed by atoms with Crippen molar-refractivity contribution >= 4 is 11.6 Å². The van der Waals surface area contributed by atoms with E-state index in [9.17, 15) is 4.79 Å². The zero-order chi connectivity index (χ0) is 14.4. The molecule has 1 atom stereocenters. The van der Waals surface area contributed by atoms with Gasteiger partial charge in [-0.25, -0.2) is 0 Å². The Kier molecular flexibility index (Phi) is 5.45. The van der Waals surface area contributed by atoms with Crippen LogP contribution < -0.4 is 5.32 Å². The lowest BCUT2D eigenvalue weighted by Crippen LogP contribution is -2.45. The fourth-order valence-corrected chi connectivity index (χ4v) is 3.03. The molecule has 0 bridgehead atoms. The molecule has 0 aliphatic carbocycles. The third kappa shape index (κ3) is 3.53. The Labute approximate surface area is 122 Å². The molecule has 0 radical (unpaired) electrons. The first-order valence-corrected chi connectivity index (χ1v) is 7.87. The summed E-state index contributed by atoms with van der Waals surface area (Å²) < 4.78 is 0. The molecule has 1 heterocycles. The van der Waals surface area contributed by atoms with Crippen LogP contribution in [0.15, 0.2) is 24.3 Å². The standard InChI is InChI=1S/C17H26N2O/c1-3-14-9-5-6-11-16(14)18-13-17(20)19-12-8-7-10-15(19)4-2/h5-6,9,11,15,18H,3-4,7-8,10,12-13H2,1-2H3. The maximum atomic E-state index is 12.4. The van der Waals surface area contributed by atoms with Gasteiger partial charge in [0.25, 0.3) is 0 Å². The fourth-order valence-electron chi connectivity index (χ4n) is 3.03. The Morgan fingerprint density at radius 3 is 2.85 bits per heavy atom. The lowest BCUT2D eigenvalue weighted by molar-refractivity contribution is -0.133. The van der Waals surface area contributed by atoms with Gasteiger partial charge in [0.15, 0.2) is 0 Å². The molecule has 1 aliphatic rings. The van der Waals surface area contributed by atoms with Crippen molar-refractivity contribution in [2.45, 2.75) is 52.0 Å². The van der Waals surface area contributed by atoms with E-state index in [-0.39, 0.29) is 5.91 Å². The predicted octanol–water partition coefficient (Wildman–Crippen LogP) is 3.45. The number of hydrogen-bond donors (Lipinski definition) is 1.